The Hall–Kier alpha value is -3.27. The molecule has 7 heteroatoms. The highest BCUT2D eigenvalue weighted by Crippen LogP contribution is 2.23. The first-order chi connectivity index (χ1) is 14.6. The zero-order valence-electron chi connectivity index (χ0n) is 18.1. The Morgan fingerprint density at radius 1 is 1.27 bits per heavy atom. The van der Waals surface area contributed by atoms with Gasteiger partial charge in [0.2, 0.25) is 0 Å². The Bertz CT molecular complexity index is 900. The number of hydrogen-bond donors (Lipinski definition) is 2. The van der Waals surface area contributed by atoms with Crippen molar-refractivity contribution in [1.82, 2.24) is 15.6 Å². The molecule has 2 N–H and O–H groups in total. The second-order valence-corrected chi connectivity index (χ2v) is 7.64. The van der Waals surface area contributed by atoms with Gasteiger partial charge in [0, 0.05) is 39.8 Å². The van der Waals surface area contributed by atoms with Crippen molar-refractivity contribution in [2.75, 3.05) is 43.5 Å². The van der Waals surface area contributed by atoms with Crippen LogP contribution in [0.3, 0.4) is 0 Å². The molecule has 0 aliphatic carbocycles. The summed E-state index contributed by atoms with van der Waals surface area (Å²) in [5.41, 5.74) is 2.68. The van der Waals surface area contributed by atoms with Crippen LogP contribution in [0.2, 0.25) is 0 Å². The van der Waals surface area contributed by atoms with Crippen LogP contribution in [0.5, 0.6) is 0 Å². The molecular weight excluding hydrogens is 374 g/mol. The van der Waals surface area contributed by atoms with Gasteiger partial charge >= 0.3 is 0 Å². The largest absolute Gasteiger partial charge is 0.368 e. The van der Waals surface area contributed by atoms with Gasteiger partial charge in [-0.05, 0) is 44.0 Å². The minimum absolute atomic E-state index is 0.268. The van der Waals surface area contributed by atoms with Crippen LogP contribution in [0.25, 0.3) is 0 Å². The van der Waals surface area contributed by atoms with Crippen molar-refractivity contribution in [3.8, 4) is 6.07 Å². The molecule has 0 radical (unpaired) electrons. The van der Waals surface area contributed by atoms with Gasteiger partial charge in [-0.1, -0.05) is 18.2 Å². The van der Waals surface area contributed by atoms with Gasteiger partial charge < -0.3 is 20.4 Å². The molecular formula is C23H31N7. The van der Waals surface area contributed by atoms with E-state index in [9.17, 15) is 5.26 Å². The van der Waals surface area contributed by atoms with E-state index in [1.807, 2.05) is 61.5 Å². The number of pyridine rings is 1. The van der Waals surface area contributed by atoms with Crippen molar-refractivity contribution in [2.24, 2.45) is 4.99 Å². The lowest BCUT2D eigenvalue weighted by Crippen LogP contribution is -2.51. The topological polar surface area (TPSA) is 79.6 Å². The molecule has 30 heavy (non-hydrogen) atoms. The Morgan fingerprint density at radius 3 is 2.87 bits per heavy atom. The van der Waals surface area contributed by atoms with Gasteiger partial charge in [0.25, 0.3) is 0 Å². The number of nitriles is 1. The summed E-state index contributed by atoms with van der Waals surface area (Å²) in [6.45, 7) is 5.19. The maximum Gasteiger partial charge on any atom is 0.191 e. The van der Waals surface area contributed by atoms with Crippen LogP contribution in [0.4, 0.5) is 11.5 Å². The lowest BCUT2D eigenvalue weighted by Gasteiger charge is -2.35. The van der Waals surface area contributed by atoms with Crippen LogP contribution in [0.1, 0.15) is 31.0 Å². The van der Waals surface area contributed by atoms with Gasteiger partial charge in [-0.2, -0.15) is 5.26 Å². The summed E-state index contributed by atoms with van der Waals surface area (Å²) in [7, 11) is 3.97. The van der Waals surface area contributed by atoms with E-state index in [1.165, 1.54) is 0 Å². The summed E-state index contributed by atoms with van der Waals surface area (Å²) < 4.78 is 0. The highest BCUT2D eigenvalue weighted by Gasteiger charge is 2.22. The molecule has 1 saturated heterocycles. The molecule has 2 aromatic rings. The Kier molecular flexibility index (Phi) is 7.50. The lowest BCUT2D eigenvalue weighted by atomic mass is 10.0. The summed E-state index contributed by atoms with van der Waals surface area (Å²) in [6, 6.07) is 16.4. The van der Waals surface area contributed by atoms with Gasteiger partial charge in [0.05, 0.1) is 23.5 Å². The SMILES string of the molecule is CCNC(=NCc1cccc(N(C)C)n1)NC1CCCN(c2ccccc2C#N)C1. The van der Waals surface area contributed by atoms with Gasteiger partial charge in [-0.15, -0.1) is 0 Å². The smallest absolute Gasteiger partial charge is 0.191 e. The molecule has 158 valence electrons. The van der Waals surface area contributed by atoms with Gasteiger partial charge in [0.1, 0.15) is 11.9 Å². The molecule has 1 unspecified atom stereocenters. The monoisotopic (exact) mass is 405 g/mol. The molecule has 0 bridgehead atoms. The normalized spacial score (nSPS) is 16.7. The Morgan fingerprint density at radius 2 is 2.10 bits per heavy atom. The minimum Gasteiger partial charge on any atom is -0.368 e. The van der Waals surface area contributed by atoms with Crippen molar-refractivity contribution in [1.29, 1.82) is 5.26 Å². The molecule has 2 heterocycles. The van der Waals surface area contributed by atoms with Crippen LogP contribution < -0.4 is 20.4 Å². The van der Waals surface area contributed by atoms with Gasteiger partial charge in [-0.25, -0.2) is 9.98 Å². The molecule has 0 amide bonds. The first-order valence-electron chi connectivity index (χ1n) is 10.5. The maximum atomic E-state index is 9.43. The quantitative estimate of drug-likeness (QED) is 0.568. The molecule has 1 aromatic heterocycles. The number of benzene rings is 1. The number of aliphatic imine (C=N–C) groups is 1. The van der Waals surface area contributed by atoms with E-state index in [0.29, 0.717) is 6.54 Å². The van der Waals surface area contributed by atoms with Gasteiger partial charge in [-0.3, -0.25) is 0 Å². The third-order valence-electron chi connectivity index (χ3n) is 5.12. The van der Waals surface area contributed by atoms with E-state index in [-0.39, 0.29) is 6.04 Å². The van der Waals surface area contributed by atoms with Crippen LogP contribution in [0, 0.1) is 11.3 Å². The molecule has 1 aromatic carbocycles. The second kappa shape index (κ2) is 10.5. The number of guanidine groups is 1. The van der Waals surface area contributed by atoms with Crippen molar-refractivity contribution >= 4 is 17.5 Å². The predicted molar refractivity (Wildman–Crippen MR) is 123 cm³/mol. The highest BCUT2D eigenvalue weighted by molar-refractivity contribution is 5.80. The van der Waals surface area contributed by atoms with E-state index in [2.05, 4.69) is 33.5 Å². The van der Waals surface area contributed by atoms with Crippen molar-refractivity contribution < 1.29 is 0 Å². The summed E-state index contributed by atoms with van der Waals surface area (Å²) in [4.78, 5) is 13.7. The zero-order valence-corrected chi connectivity index (χ0v) is 18.1. The van der Waals surface area contributed by atoms with E-state index in [4.69, 9.17) is 4.99 Å². The van der Waals surface area contributed by atoms with E-state index < -0.39 is 0 Å². The second-order valence-electron chi connectivity index (χ2n) is 7.64. The summed E-state index contributed by atoms with van der Waals surface area (Å²) in [5.74, 6) is 1.73. The van der Waals surface area contributed by atoms with E-state index in [0.717, 1.165) is 61.2 Å². The lowest BCUT2D eigenvalue weighted by molar-refractivity contribution is 0.468. The van der Waals surface area contributed by atoms with E-state index >= 15 is 0 Å². The number of anilines is 2. The first kappa shape index (κ1) is 21.4. The van der Waals surface area contributed by atoms with Crippen LogP contribution in [-0.2, 0) is 6.54 Å². The van der Waals surface area contributed by atoms with Crippen LogP contribution >= 0.6 is 0 Å². The molecule has 1 aliphatic rings. The molecule has 7 nitrogen and oxygen atoms in total. The Balaban J connectivity index is 1.67. The molecule has 0 spiro atoms. The fourth-order valence-corrected chi connectivity index (χ4v) is 3.64. The fraction of sp³-hybridized carbons (Fsp3) is 0.435. The zero-order chi connectivity index (χ0) is 21.3. The maximum absolute atomic E-state index is 9.43. The highest BCUT2D eigenvalue weighted by atomic mass is 15.2. The first-order valence-corrected chi connectivity index (χ1v) is 10.5. The molecule has 0 saturated carbocycles. The summed E-state index contributed by atoms with van der Waals surface area (Å²) >= 11 is 0. The Labute approximate surface area is 179 Å². The number of nitrogens with one attached hydrogen (secondary N) is 2. The average Bonchev–Trinajstić information content (AvgIpc) is 2.78. The third-order valence-corrected chi connectivity index (χ3v) is 5.12. The average molecular weight is 406 g/mol. The number of aromatic nitrogens is 1. The number of piperidine rings is 1. The molecule has 1 atom stereocenters. The summed E-state index contributed by atoms with van der Waals surface area (Å²) in [6.07, 6.45) is 2.15. The number of para-hydroxylation sites is 1. The molecule has 1 fully saturated rings. The van der Waals surface area contributed by atoms with Crippen molar-refractivity contribution in [3.63, 3.8) is 0 Å². The minimum atomic E-state index is 0.268. The van der Waals surface area contributed by atoms with Crippen molar-refractivity contribution in [2.45, 2.75) is 32.4 Å². The predicted octanol–water partition coefficient (Wildman–Crippen LogP) is 2.74. The number of rotatable bonds is 6. The van der Waals surface area contributed by atoms with Crippen molar-refractivity contribution in [3.05, 3.63) is 53.7 Å². The number of hydrogen-bond acceptors (Lipinski definition) is 5. The summed E-state index contributed by atoms with van der Waals surface area (Å²) in [5, 5.41) is 16.4. The molecule has 3 rings (SSSR count). The standard InChI is InChI=1S/C23H31N7/c1-4-25-23(26-16-19-10-7-13-22(27-19)29(2)3)28-20-11-8-14-30(17-20)21-12-6-5-9-18(21)15-24/h5-7,9-10,12-13,20H,4,8,11,14,16-17H2,1-3H3,(H2,25,26,28). The van der Waals surface area contributed by atoms with Crippen LogP contribution in [-0.4, -0.2) is 50.7 Å². The number of nitrogens with zero attached hydrogens (tertiary/aromatic N) is 5. The van der Waals surface area contributed by atoms with Crippen LogP contribution in [0.15, 0.2) is 47.5 Å². The fourth-order valence-electron chi connectivity index (χ4n) is 3.64. The third kappa shape index (κ3) is 5.63. The van der Waals surface area contributed by atoms with Gasteiger partial charge in [0.15, 0.2) is 5.96 Å². The molecule has 1 aliphatic heterocycles. The van der Waals surface area contributed by atoms with E-state index in [1.54, 1.807) is 0 Å².